The number of carbonyl (C=O) groups is 3. The van der Waals surface area contributed by atoms with Crippen molar-refractivity contribution in [3.63, 3.8) is 0 Å². The van der Waals surface area contributed by atoms with Gasteiger partial charge < -0.3 is 15.5 Å². The van der Waals surface area contributed by atoms with Gasteiger partial charge in [0.15, 0.2) is 0 Å². The van der Waals surface area contributed by atoms with Crippen LogP contribution in [-0.2, 0) is 9.59 Å². The Hall–Kier alpha value is -2.65. The lowest BCUT2D eigenvalue weighted by Gasteiger charge is -2.35. The van der Waals surface area contributed by atoms with E-state index in [0.717, 1.165) is 50.0 Å². The van der Waals surface area contributed by atoms with Gasteiger partial charge in [0.05, 0.1) is 12.1 Å². The van der Waals surface area contributed by atoms with Crippen LogP contribution in [0.2, 0.25) is 0 Å². The zero-order valence-corrected chi connectivity index (χ0v) is 21.1. The highest BCUT2D eigenvalue weighted by atomic mass is 32.1. The molecule has 2 aliphatic rings. The number of thiazole rings is 1. The van der Waals surface area contributed by atoms with E-state index in [-0.39, 0.29) is 35.6 Å². The van der Waals surface area contributed by atoms with Crippen LogP contribution in [0.1, 0.15) is 79.0 Å². The summed E-state index contributed by atoms with van der Waals surface area (Å²) in [6.07, 6.45) is 6.76. The number of nitrogens with zero attached hydrogens (tertiary/aromatic N) is 2. The summed E-state index contributed by atoms with van der Waals surface area (Å²) in [5.41, 5.74) is 0.678. The summed E-state index contributed by atoms with van der Waals surface area (Å²) in [5.74, 6) is -0.773. The van der Waals surface area contributed by atoms with Crippen LogP contribution >= 0.6 is 11.3 Å². The SMILES string of the molecule is CNC(C)C(=O)NC(C(=O)N1CCC[C@H]1c1nc(C(=O)c2ccc(F)cc2)cs1)C1CCCCC1. The molecule has 0 spiro atoms. The highest BCUT2D eigenvalue weighted by Crippen LogP contribution is 2.36. The Labute approximate surface area is 209 Å². The zero-order valence-electron chi connectivity index (χ0n) is 20.3. The number of hydrogen-bond acceptors (Lipinski definition) is 6. The molecule has 2 heterocycles. The molecule has 2 unspecified atom stereocenters. The van der Waals surface area contributed by atoms with Gasteiger partial charge in [0.25, 0.3) is 0 Å². The van der Waals surface area contributed by atoms with Crippen LogP contribution in [-0.4, -0.2) is 53.2 Å². The van der Waals surface area contributed by atoms with Crippen molar-refractivity contribution in [2.45, 2.75) is 70.0 Å². The first-order valence-electron chi connectivity index (χ1n) is 12.4. The van der Waals surface area contributed by atoms with Crippen LogP contribution in [0, 0.1) is 11.7 Å². The number of rotatable bonds is 8. The Balaban J connectivity index is 1.53. The van der Waals surface area contributed by atoms with Crippen molar-refractivity contribution in [1.82, 2.24) is 20.5 Å². The van der Waals surface area contributed by atoms with Crippen LogP contribution < -0.4 is 10.6 Å². The van der Waals surface area contributed by atoms with E-state index in [4.69, 9.17) is 0 Å². The fraction of sp³-hybridized carbons (Fsp3) is 0.538. The van der Waals surface area contributed by atoms with Gasteiger partial charge in [0, 0.05) is 17.5 Å². The predicted molar refractivity (Wildman–Crippen MR) is 133 cm³/mol. The Morgan fingerprint density at radius 2 is 1.80 bits per heavy atom. The number of amides is 2. The maximum absolute atomic E-state index is 13.8. The van der Waals surface area contributed by atoms with Crippen molar-refractivity contribution in [2.75, 3.05) is 13.6 Å². The number of carbonyl (C=O) groups excluding carboxylic acids is 3. The minimum Gasteiger partial charge on any atom is -0.343 e. The molecule has 2 aromatic rings. The molecular formula is C26H33FN4O3S. The summed E-state index contributed by atoms with van der Waals surface area (Å²) >= 11 is 1.37. The molecule has 1 aromatic heterocycles. The van der Waals surface area contributed by atoms with Gasteiger partial charge in [0.2, 0.25) is 17.6 Å². The van der Waals surface area contributed by atoms with E-state index in [1.807, 2.05) is 4.90 Å². The van der Waals surface area contributed by atoms with Crippen molar-refractivity contribution in [1.29, 1.82) is 0 Å². The Morgan fingerprint density at radius 3 is 2.49 bits per heavy atom. The van der Waals surface area contributed by atoms with Crippen LogP contribution in [0.3, 0.4) is 0 Å². The van der Waals surface area contributed by atoms with Crippen molar-refractivity contribution in [2.24, 2.45) is 5.92 Å². The number of hydrogen-bond donors (Lipinski definition) is 2. The van der Waals surface area contributed by atoms with Crippen LogP contribution in [0.25, 0.3) is 0 Å². The van der Waals surface area contributed by atoms with Crippen LogP contribution in [0.5, 0.6) is 0 Å². The number of nitrogens with one attached hydrogen (secondary N) is 2. The van der Waals surface area contributed by atoms with Gasteiger partial charge in [-0.15, -0.1) is 11.3 Å². The highest BCUT2D eigenvalue weighted by molar-refractivity contribution is 7.10. The van der Waals surface area contributed by atoms with Crippen molar-refractivity contribution >= 4 is 28.9 Å². The first kappa shape index (κ1) is 25.4. The minimum absolute atomic E-state index is 0.0577. The molecule has 2 N–H and O–H groups in total. The quantitative estimate of drug-likeness (QED) is 0.538. The average molecular weight is 501 g/mol. The molecule has 1 saturated carbocycles. The van der Waals surface area contributed by atoms with E-state index in [2.05, 4.69) is 15.6 Å². The maximum atomic E-state index is 13.8. The van der Waals surface area contributed by atoms with Crippen molar-refractivity contribution < 1.29 is 18.8 Å². The lowest BCUT2D eigenvalue weighted by Crippen LogP contribution is -2.55. The van der Waals surface area contributed by atoms with E-state index in [0.29, 0.717) is 17.8 Å². The van der Waals surface area contributed by atoms with E-state index >= 15 is 0 Å². The molecule has 1 aliphatic heterocycles. The maximum Gasteiger partial charge on any atom is 0.246 e. The van der Waals surface area contributed by atoms with Gasteiger partial charge in [-0.1, -0.05) is 19.3 Å². The fourth-order valence-electron chi connectivity index (χ4n) is 5.02. The Kier molecular flexibility index (Phi) is 8.28. The van der Waals surface area contributed by atoms with E-state index < -0.39 is 11.9 Å². The van der Waals surface area contributed by atoms with Crippen molar-refractivity contribution in [3.05, 3.63) is 51.7 Å². The third kappa shape index (κ3) is 5.78. The molecule has 35 heavy (non-hydrogen) atoms. The fourth-order valence-corrected chi connectivity index (χ4v) is 5.96. The van der Waals surface area contributed by atoms with Crippen LogP contribution in [0.4, 0.5) is 4.39 Å². The van der Waals surface area contributed by atoms with Gasteiger partial charge in [-0.05, 0) is 69.8 Å². The third-order valence-corrected chi connectivity index (χ3v) is 8.14. The van der Waals surface area contributed by atoms with E-state index in [1.54, 1.807) is 19.4 Å². The summed E-state index contributed by atoms with van der Waals surface area (Å²) in [7, 11) is 1.73. The molecule has 1 aromatic carbocycles. The molecule has 0 radical (unpaired) electrons. The number of likely N-dealkylation sites (N-methyl/N-ethyl adjacent to an activating group) is 1. The molecule has 2 fully saturated rings. The molecule has 0 bridgehead atoms. The normalized spacial score (nSPS) is 20.4. The van der Waals surface area contributed by atoms with E-state index in [9.17, 15) is 18.8 Å². The largest absolute Gasteiger partial charge is 0.343 e. The number of ketones is 1. The van der Waals surface area contributed by atoms with Gasteiger partial charge in [-0.25, -0.2) is 9.37 Å². The van der Waals surface area contributed by atoms with Crippen LogP contribution in [0.15, 0.2) is 29.6 Å². The lowest BCUT2D eigenvalue weighted by atomic mass is 9.83. The summed E-state index contributed by atoms with van der Waals surface area (Å²) in [6, 6.07) is 4.25. The molecule has 7 nitrogen and oxygen atoms in total. The minimum atomic E-state index is -0.556. The summed E-state index contributed by atoms with van der Waals surface area (Å²) in [5, 5.41) is 8.42. The second kappa shape index (κ2) is 11.4. The number of likely N-dealkylation sites (tertiary alicyclic amines) is 1. The molecule has 9 heteroatoms. The smallest absolute Gasteiger partial charge is 0.246 e. The second-order valence-electron chi connectivity index (χ2n) is 9.49. The standard InChI is InChI=1S/C26H33FN4O3S/c1-16(28-2)24(33)30-22(17-7-4-3-5-8-17)26(34)31-14-6-9-21(31)25-29-20(15-35-25)23(32)18-10-12-19(27)13-11-18/h10-13,15-17,21-22,28H,3-9,14H2,1-2H3,(H,30,33)/t16?,21-,22?/m0/s1. The topological polar surface area (TPSA) is 91.4 Å². The van der Waals surface area contributed by atoms with Gasteiger partial charge in [-0.3, -0.25) is 14.4 Å². The Bertz CT molecular complexity index is 1050. The monoisotopic (exact) mass is 500 g/mol. The second-order valence-corrected chi connectivity index (χ2v) is 10.4. The predicted octanol–water partition coefficient (Wildman–Crippen LogP) is 3.85. The number of aromatic nitrogens is 1. The third-order valence-electron chi connectivity index (χ3n) is 7.19. The average Bonchev–Trinajstić information content (AvgIpc) is 3.56. The Morgan fingerprint density at radius 1 is 1.09 bits per heavy atom. The highest BCUT2D eigenvalue weighted by Gasteiger charge is 2.40. The lowest BCUT2D eigenvalue weighted by molar-refractivity contribution is -0.139. The number of benzene rings is 1. The van der Waals surface area contributed by atoms with Crippen molar-refractivity contribution in [3.8, 4) is 0 Å². The molecular weight excluding hydrogens is 467 g/mol. The van der Waals surface area contributed by atoms with Gasteiger partial charge in [-0.2, -0.15) is 0 Å². The zero-order chi connectivity index (χ0) is 24.9. The van der Waals surface area contributed by atoms with Gasteiger partial charge in [0.1, 0.15) is 22.6 Å². The molecule has 3 atom stereocenters. The summed E-state index contributed by atoms with van der Waals surface area (Å²) in [4.78, 5) is 45.8. The molecule has 188 valence electrons. The first-order chi connectivity index (χ1) is 16.9. The molecule has 4 rings (SSSR count). The summed E-state index contributed by atoms with van der Waals surface area (Å²) < 4.78 is 13.2. The molecule has 1 aliphatic carbocycles. The first-order valence-corrected chi connectivity index (χ1v) is 13.3. The van der Waals surface area contributed by atoms with Gasteiger partial charge >= 0.3 is 0 Å². The molecule has 1 saturated heterocycles. The van der Waals surface area contributed by atoms with E-state index in [1.165, 1.54) is 35.6 Å². The molecule has 2 amide bonds. The summed E-state index contributed by atoms with van der Waals surface area (Å²) in [6.45, 7) is 2.39. The number of halogens is 1.